The van der Waals surface area contributed by atoms with Gasteiger partial charge in [-0.15, -0.1) is 0 Å². The number of ether oxygens (including phenoxy) is 4. The molecule has 2 atom stereocenters. The van der Waals surface area contributed by atoms with Crippen molar-refractivity contribution in [2.24, 2.45) is 0 Å². The fraction of sp³-hybridized carbons (Fsp3) is 0.424. The maximum atomic E-state index is 13.5. The third kappa shape index (κ3) is 6.62. The van der Waals surface area contributed by atoms with E-state index in [-0.39, 0.29) is 30.3 Å². The minimum atomic E-state index is -2.61. The first kappa shape index (κ1) is 29.6. The molecule has 0 saturated carbocycles. The maximum Gasteiger partial charge on any atom is 0.272 e. The van der Waals surface area contributed by atoms with Crippen LogP contribution in [0.4, 0.5) is 8.78 Å². The number of methoxy groups -OCH3 is 3. The molecule has 1 aliphatic carbocycles. The molecule has 1 amide bonds. The van der Waals surface area contributed by atoms with E-state index in [2.05, 4.69) is 22.3 Å². The summed E-state index contributed by atoms with van der Waals surface area (Å²) in [6.07, 6.45) is 1.37. The predicted molar refractivity (Wildman–Crippen MR) is 156 cm³/mol. The van der Waals surface area contributed by atoms with Gasteiger partial charge < -0.3 is 24.3 Å². The first-order valence-electron chi connectivity index (χ1n) is 14.3. The number of nitrogens with zero attached hydrogens (tertiary/aromatic N) is 1. The highest BCUT2D eigenvalue weighted by molar-refractivity contribution is 5.79. The van der Waals surface area contributed by atoms with Crippen molar-refractivity contribution in [2.75, 3.05) is 41.0 Å². The van der Waals surface area contributed by atoms with Crippen molar-refractivity contribution in [2.45, 2.75) is 50.6 Å². The standard InChI is InChI=1S/C33H38F2N2O5/c1-39-28-13-10-21(16-29(28)40-2)15-27-25-18-31(42-20-32(34)35)30(41-3)17-23(25)8-6-14-37(27)19-33(38)36-26-12-11-22-7-4-5-9-24(22)26/h4-5,7,9-10,13,16-18,26-27,32H,6,8,11-12,14-15,19-20H2,1-3H3,(H,36,38). The molecule has 3 aromatic carbocycles. The number of fused-ring (bicyclic) bond motifs is 2. The summed E-state index contributed by atoms with van der Waals surface area (Å²) >= 11 is 0. The van der Waals surface area contributed by atoms with Gasteiger partial charge in [-0.05, 0) is 90.7 Å². The van der Waals surface area contributed by atoms with Gasteiger partial charge in [-0.25, -0.2) is 8.78 Å². The normalized spacial score (nSPS) is 18.1. The highest BCUT2D eigenvalue weighted by atomic mass is 19.3. The van der Waals surface area contributed by atoms with Crippen LogP contribution >= 0.6 is 0 Å². The lowest BCUT2D eigenvalue weighted by atomic mass is 9.92. The van der Waals surface area contributed by atoms with Crippen LogP contribution in [0, 0.1) is 0 Å². The number of aryl methyl sites for hydroxylation is 2. The SMILES string of the molecule is COc1ccc(CC2c3cc(OCC(F)F)c(OC)cc3CCCN2CC(=O)NC2CCc3ccccc32)cc1OC. The van der Waals surface area contributed by atoms with Gasteiger partial charge in [-0.1, -0.05) is 30.3 Å². The summed E-state index contributed by atoms with van der Waals surface area (Å²) in [7, 11) is 4.70. The van der Waals surface area contributed by atoms with Gasteiger partial charge in [0.2, 0.25) is 5.91 Å². The molecule has 0 aromatic heterocycles. The first-order valence-corrected chi connectivity index (χ1v) is 14.3. The van der Waals surface area contributed by atoms with E-state index < -0.39 is 13.0 Å². The Hall–Kier alpha value is -3.85. The molecule has 0 spiro atoms. The molecule has 224 valence electrons. The summed E-state index contributed by atoms with van der Waals surface area (Å²) in [4.78, 5) is 15.7. The summed E-state index contributed by atoms with van der Waals surface area (Å²) in [6, 6.07) is 17.5. The molecule has 7 nitrogen and oxygen atoms in total. The van der Waals surface area contributed by atoms with Crippen molar-refractivity contribution in [3.8, 4) is 23.0 Å². The van der Waals surface area contributed by atoms with Crippen molar-refractivity contribution in [1.82, 2.24) is 10.2 Å². The maximum absolute atomic E-state index is 13.5. The van der Waals surface area contributed by atoms with Crippen molar-refractivity contribution >= 4 is 5.91 Å². The molecular weight excluding hydrogens is 542 g/mol. The van der Waals surface area contributed by atoms with Crippen LogP contribution in [0.15, 0.2) is 54.6 Å². The second-order valence-electron chi connectivity index (χ2n) is 10.7. The number of nitrogens with one attached hydrogen (secondary N) is 1. The van der Waals surface area contributed by atoms with Gasteiger partial charge in [-0.2, -0.15) is 0 Å². The van der Waals surface area contributed by atoms with Crippen molar-refractivity contribution in [3.63, 3.8) is 0 Å². The molecule has 0 radical (unpaired) electrons. The third-order valence-electron chi connectivity index (χ3n) is 8.17. The number of hydrogen-bond donors (Lipinski definition) is 1. The van der Waals surface area contributed by atoms with Crippen molar-refractivity contribution in [3.05, 3.63) is 82.4 Å². The lowest BCUT2D eigenvalue weighted by molar-refractivity contribution is -0.123. The van der Waals surface area contributed by atoms with E-state index in [0.29, 0.717) is 30.2 Å². The van der Waals surface area contributed by atoms with Gasteiger partial charge in [0.05, 0.1) is 33.9 Å². The van der Waals surface area contributed by atoms with Crippen LogP contribution in [0.3, 0.4) is 0 Å². The van der Waals surface area contributed by atoms with Gasteiger partial charge >= 0.3 is 0 Å². The van der Waals surface area contributed by atoms with Crippen molar-refractivity contribution in [1.29, 1.82) is 0 Å². The number of amides is 1. The number of rotatable bonds is 11. The zero-order chi connectivity index (χ0) is 29.6. The van der Waals surface area contributed by atoms with Crippen LogP contribution < -0.4 is 24.3 Å². The van der Waals surface area contributed by atoms with E-state index in [1.165, 1.54) is 18.2 Å². The zero-order valence-corrected chi connectivity index (χ0v) is 24.3. The summed E-state index contributed by atoms with van der Waals surface area (Å²) in [6.45, 7) is 0.163. The monoisotopic (exact) mass is 580 g/mol. The molecule has 42 heavy (non-hydrogen) atoms. The van der Waals surface area contributed by atoms with E-state index in [0.717, 1.165) is 42.4 Å². The minimum Gasteiger partial charge on any atom is -0.493 e. The van der Waals surface area contributed by atoms with Crippen LogP contribution in [0.25, 0.3) is 0 Å². The average Bonchev–Trinajstić information content (AvgIpc) is 3.33. The summed E-state index contributed by atoms with van der Waals surface area (Å²) in [5.41, 5.74) is 5.44. The van der Waals surface area contributed by atoms with Crippen LogP contribution in [-0.2, 0) is 24.1 Å². The Morgan fingerprint density at radius 2 is 1.67 bits per heavy atom. The molecule has 2 aliphatic rings. The largest absolute Gasteiger partial charge is 0.493 e. The highest BCUT2D eigenvalue weighted by Gasteiger charge is 2.31. The molecular formula is C33H38F2N2O5. The molecule has 5 rings (SSSR count). The number of alkyl halides is 2. The molecule has 9 heteroatoms. The van der Waals surface area contributed by atoms with Crippen molar-refractivity contribution < 1.29 is 32.5 Å². The molecule has 1 heterocycles. The Morgan fingerprint density at radius 1 is 0.905 bits per heavy atom. The number of carbonyl (C=O) groups is 1. The summed E-state index contributed by atoms with van der Waals surface area (Å²) < 4.78 is 48.1. The molecule has 0 fully saturated rings. The summed E-state index contributed by atoms with van der Waals surface area (Å²) in [5.74, 6) is 1.89. The van der Waals surface area contributed by atoms with Gasteiger partial charge in [-0.3, -0.25) is 9.69 Å². The highest BCUT2D eigenvalue weighted by Crippen LogP contribution is 2.40. The second-order valence-corrected chi connectivity index (χ2v) is 10.7. The smallest absolute Gasteiger partial charge is 0.272 e. The van der Waals surface area contributed by atoms with Gasteiger partial charge in [0.15, 0.2) is 23.0 Å². The Labute approximate surface area is 245 Å². The first-order chi connectivity index (χ1) is 20.4. The van der Waals surface area contributed by atoms with Gasteiger partial charge in [0.25, 0.3) is 6.43 Å². The number of benzene rings is 3. The Morgan fingerprint density at radius 3 is 2.43 bits per heavy atom. The van der Waals surface area contributed by atoms with E-state index >= 15 is 0 Å². The third-order valence-corrected chi connectivity index (χ3v) is 8.17. The Balaban J connectivity index is 1.47. The molecule has 1 aliphatic heterocycles. The van der Waals surface area contributed by atoms with E-state index in [1.54, 1.807) is 14.2 Å². The topological polar surface area (TPSA) is 69.3 Å². The van der Waals surface area contributed by atoms with Crippen LogP contribution in [-0.4, -0.2) is 58.3 Å². The van der Waals surface area contributed by atoms with Gasteiger partial charge in [0, 0.05) is 6.04 Å². The lowest BCUT2D eigenvalue weighted by Crippen LogP contribution is -2.41. The molecule has 0 bridgehead atoms. The van der Waals surface area contributed by atoms with Crippen LogP contribution in [0.2, 0.25) is 0 Å². The molecule has 3 aromatic rings. The van der Waals surface area contributed by atoms with E-state index in [9.17, 15) is 13.6 Å². The fourth-order valence-corrected chi connectivity index (χ4v) is 6.19. The predicted octanol–water partition coefficient (Wildman–Crippen LogP) is 5.69. The number of halogens is 2. The molecule has 1 N–H and O–H groups in total. The van der Waals surface area contributed by atoms with Crippen LogP contribution in [0.5, 0.6) is 23.0 Å². The Bertz CT molecular complexity index is 1400. The summed E-state index contributed by atoms with van der Waals surface area (Å²) in [5, 5.41) is 3.26. The number of carbonyl (C=O) groups excluding carboxylic acids is 1. The average molecular weight is 581 g/mol. The minimum absolute atomic E-state index is 0.00382. The number of hydrogen-bond acceptors (Lipinski definition) is 6. The van der Waals surface area contributed by atoms with Gasteiger partial charge in [0.1, 0.15) is 6.61 Å². The fourth-order valence-electron chi connectivity index (χ4n) is 6.19. The zero-order valence-electron chi connectivity index (χ0n) is 24.3. The quantitative estimate of drug-likeness (QED) is 0.314. The Kier molecular flexibility index (Phi) is 9.47. The molecule has 0 saturated heterocycles. The molecule has 2 unspecified atom stereocenters. The second kappa shape index (κ2) is 13.4. The van der Waals surface area contributed by atoms with E-state index in [1.807, 2.05) is 42.5 Å². The van der Waals surface area contributed by atoms with E-state index in [4.69, 9.17) is 18.9 Å². The lowest BCUT2D eigenvalue weighted by Gasteiger charge is -2.32. The van der Waals surface area contributed by atoms with Crippen LogP contribution in [0.1, 0.15) is 52.7 Å².